The predicted molar refractivity (Wildman–Crippen MR) is 78.8 cm³/mol. The Balaban J connectivity index is 2.08. The normalized spacial score (nSPS) is 17.5. The first-order valence-corrected chi connectivity index (χ1v) is 7.14. The summed E-state index contributed by atoms with van der Waals surface area (Å²) in [5, 5.41) is 10.3. The van der Waals surface area contributed by atoms with Gasteiger partial charge in [-0.25, -0.2) is 0 Å². The van der Waals surface area contributed by atoms with Crippen LogP contribution in [0.15, 0.2) is 48.5 Å². The molecule has 2 aromatic carbocycles. The van der Waals surface area contributed by atoms with Gasteiger partial charge in [0.2, 0.25) is 0 Å². The van der Waals surface area contributed by atoms with Crippen molar-refractivity contribution in [3.63, 3.8) is 0 Å². The van der Waals surface area contributed by atoms with E-state index in [1.54, 1.807) is 12.1 Å². The first-order valence-electron chi connectivity index (χ1n) is 6.76. The molecule has 0 radical (unpaired) electrons. The van der Waals surface area contributed by atoms with Crippen LogP contribution >= 0.6 is 11.6 Å². The molecule has 1 nitrogen and oxygen atoms in total. The van der Waals surface area contributed by atoms with Crippen molar-refractivity contribution in [3.8, 4) is 5.75 Å². The Morgan fingerprint density at radius 3 is 1.79 bits per heavy atom. The Morgan fingerprint density at radius 2 is 1.26 bits per heavy atom. The van der Waals surface area contributed by atoms with Gasteiger partial charge in [-0.1, -0.05) is 48.7 Å². The monoisotopic (exact) mass is 272 g/mol. The van der Waals surface area contributed by atoms with Gasteiger partial charge in [0.25, 0.3) is 0 Å². The van der Waals surface area contributed by atoms with Gasteiger partial charge in [0, 0.05) is 10.4 Å². The second kappa shape index (κ2) is 4.90. The fraction of sp³-hybridized carbons (Fsp3) is 0.294. The van der Waals surface area contributed by atoms with Crippen molar-refractivity contribution < 1.29 is 5.11 Å². The third-order valence-corrected chi connectivity index (χ3v) is 4.53. The molecule has 0 amide bonds. The van der Waals surface area contributed by atoms with Crippen LogP contribution in [-0.4, -0.2) is 5.11 Å². The van der Waals surface area contributed by atoms with Gasteiger partial charge in [-0.15, -0.1) is 0 Å². The fourth-order valence-corrected chi connectivity index (χ4v) is 3.40. The Morgan fingerprint density at radius 1 is 0.789 bits per heavy atom. The van der Waals surface area contributed by atoms with E-state index in [1.165, 1.54) is 36.8 Å². The molecule has 0 saturated heterocycles. The number of phenolic OH excluding ortho intramolecular Hbond substituents is 1. The number of phenols is 1. The smallest absolute Gasteiger partial charge is 0.115 e. The van der Waals surface area contributed by atoms with Gasteiger partial charge in [-0.2, -0.15) is 0 Å². The van der Waals surface area contributed by atoms with Gasteiger partial charge in [-0.05, 0) is 48.2 Å². The third kappa shape index (κ3) is 2.23. The largest absolute Gasteiger partial charge is 0.508 e. The van der Waals surface area contributed by atoms with Gasteiger partial charge in [-0.3, -0.25) is 0 Å². The second-order valence-electron chi connectivity index (χ2n) is 5.34. The van der Waals surface area contributed by atoms with E-state index in [0.717, 1.165) is 5.02 Å². The number of aromatic hydroxyl groups is 1. The quantitative estimate of drug-likeness (QED) is 0.824. The molecule has 0 bridgehead atoms. The number of hydrogen-bond acceptors (Lipinski definition) is 1. The first kappa shape index (κ1) is 12.6. The zero-order valence-electron chi connectivity index (χ0n) is 10.8. The molecule has 1 N–H and O–H groups in total. The lowest BCUT2D eigenvalue weighted by molar-refractivity contribution is 0.473. The molecule has 1 saturated carbocycles. The minimum Gasteiger partial charge on any atom is -0.508 e. The van der Waals surface area contributed by atoms with Crippen LogP contribution in [0.2, 0.25) is 5.02 Å². The molecule has 98 valence electrons. The van der Waals surface area contributed by atoms with Gasteiger partial charge in [0.05, 0.1) is 0 Å². The Hall–Kier alpha value is -1.47. The molecule has 1 aliphatic carbocycles. The fourth-order valence-electron chi connectivity index (χ4n) is 3.27. The summed E-state index contributed by atoms with van der Waals surface area (Å²) in [7, 11) is 0. The van der Waals surface area contributed by atoms with Crippen molar-refractivity contribution in [1.82, 2.24) is 0 Å². The molecule has 0 atom stereocenters. The van der Waals surface area contributed by atoms with Gasteiger partial charge < -0.3 is 5.11 Å². The first-order chi connectivity index (χ1) is 9.21. The van der Waals surface area contributed by atoms with Gasteiger partial charge >= 0.3 is 0 Å². The maximum absolute atomic E-state index is 9.47. The Labute approximate surface area is 118 Å². The average molecular weight is 273 g/mol. The highest BCUT2D eigenvalue weighted by Crippen LogP contribution is 2.46. The van der Waals surface area contributed by atoms with E-state index >= 15 is 0 Å². The highest BCUT2D eigenvalue weighted by molar-refractivity contribution is 6.30. The van der Waals surface area contributed by atoms with Crippen molar-refractivity contribution >= 4 is 11.6 Å². The van der Waals surface area contributed by atoms with Crippen molar-refractivity contribution in [2.75, 3.05) is 0 Å². The van der Waals surface area contributed by atoms with Crippen LogP contribution in [-0.2, 0) is 5.41 Å². The summed E-state index contributed by atoms with van der Waals surface area (Å²) in [6.45, 7) is 0. The minimum atomic E-state index is 0.0955. The molecule has 0 spiro atoms. The number of hydrogen-bond donors (Lipinski definition) is 1. The van der Waals surface area contributed by atoms with E-state index in [1.807, 2.05) is 12.1 Å². The number of rotatable bonds is 2. The number of halogens is 1. The zero-order valence-corrected chi connectivity index (χ0v) is 11.5. The standard InChI is InChI=1S/C17H17ClO/c18-15-7-3-13(4-8-15)17(11-1-2-12-17)14-5-9-16(19)10-6-14/h3-10,19H,1-2,11-12H2. The summed E-state index contributed by atoms with van der Waals surface area (Å²) in [6.07, 6.45) is 4.84. The van der Waals surface area contributed by atoms with E-state index < -0.39 is 0 Å². The Kier molecular flexibility index (Phi) is 3.24. The van der Waals surface area contributed by atoms with E-state index in [0.29, 0.717) is 5.75 Å². The lowest BCUT2D eigenvalue weighted by atomic mass is 9.73. The van der Waals surface area contributed by atoms with Crippen LogP contribution < -0.4 is 0 Å². The molecule has 1 aliphatic rings. The molecular formula is C17H17ClO. The molecule has 0 unspecified atom stereocenters. The predicted octanol–water partition coefficient (Wildman–Crippen LogP) is 4.91. The molecule has 0 heterocycles. The lowest BCUT2D eigenvalue weighted by Gasteiger charge is -2.30. The number of benzene rings is 2. The van der Waals surface area contributed by atoms with E-state index in [2.05, 4.69) is 24.3 Å². The minimum absolute atomic E-state index is 0.0955. The van der Waals surface area contributed by atoms with Crippen LogP contribution in [0, 0.1) is 0 Å². The molecule has 0 aliphatic heterocycles. The molecule has 3 rings (SSSR count). The van der Waals surface area contributed by atoms with Crippen LogP contribution in [0.25, 0.3) is 0 Å². The lowest BCUT2D eigenvalue weighted by Crippen LogP contribution is -2.23. The average Bonchev–Trinajstić information content (AvgIpc) is 2.91. The molecule has 2 heteroatoms. The summed E-state index contributed by atoms with van der Waals surface area (Å²) in [6, 6.07) is 15.9. The summed E-state index contributed by atoms with van der Waals surface area (Å²) in [4.78, 5) is 0. The summed E-state index contributed by atoms with van der Waals surface area (Å²) < 4.78 is 0. The van der Waals surface area contributed by atoms with E-state index in [9.17, 15) is 5.11 Å². The molecular weight excluding hydrogens is 256 g/mol. The van der Waals surface area contributed by atoms with Crippen molar-refractivity contribution in [1.29, 1.82) is 0 Å². The molecule has 0 aromatic heterocycles. The maximum Gasteiger partial charge on any atom is 0.115 e. The van der Waals surface area contributed by atoms with Crippen molar-refractivity contribution in [2.45, 2.75) is 31.1 Å². The SMILES string of the molecule is Oc1ccc(C2(c3ccc(Cl)cc3)CCCC2)cc1. The van der Waals surface area contributed by atoms with Gasteiger partial charge in [0.15, 0.2) is 0 Å². The zero-order chi connectivity index (χ0) is 13.3. The van der Waals surface area contributed by atoms with E-state index in [4.69, 9.17) is 11.6 Å². The second-order valence-corrected chi connectivity index (χ2v) is 5.78. The van der Waals surface area contributed by atoms with Crippen molar-refractivity contribution in [3.05, 3.63) is 64.7 Å². The highest BCUT2D eigenvalue weighted by atomic mass is 35.5. The van der Waals surface area contributed by atoms with Crippen LogP contribution in [0.4, 0.5) is 0 Å². The molecule has 1 fully saturated rings. The van der Waals surface area contributed by atoms with Crippen LogP contribution in [0.1, 0.15) is 36.8 Å². The molecule has 2 aromatic rings. The summed E-state index contributed by atoms with van der Waals surface area (Å²) >= 11 is 6.00. The Bertz CT molecular complexity index is 503. The molecule has 19 heavy (non-hydrogen) atoms. The summed E-state index contributed by atoms with van der Waals surface area (Å²) in [5.41, 5.74) is 2.73. The van der Waals surface area contributed by atoms with Crippen LogP contribution in [0.3, 0.4) is 0 Å². The topological polar surface area (TPSA) is 20.2 Å². The van der Waals surface area contributed by atoms with Crippen molar-refractivity contribution in [2.24, 2.45) is 0 Å². The van der Waals surface area contributed by atoms with Gasteiger partial charge in [0.1, 0.15) is 5.75 Å². The van der Waals surface area contributed by atoms with Crippen LogP contribution in [0.5, 0.6) is 5.75 Å². The van der Waals surface area contributed by atoms with E-state index in [-0.39, 0.29) is 5.41 Å². The maximum atomic E-state index is 9.47. The third-order valence-electron chi connectivity index (χ3n) is 4.27. The summed E-state index contributed by atoms with van der Waals surface area (Å²) in [5.74, 6) is 0.327. The highest BCUT2D eigenvalue weighted by Gasteiger charge is 2.37.